The van der Waals surface area contributed by atoms with Gasteiger partial charge in [0.15, 0.2) is 11.5 Å². The Balaban J connectivity index is 2.51. The topological polar surface area (TPSA) is 131 Å². The number of phenols is 4. The lowest BCUT2D eigenvalue weighted by molar-refractivity contribution is 0.368. The van der Waals surface area contributed by atoms with E-state index in [2.05, 4.69) is 0 Å². The van der Waals surface area contributed by atoms with Crippen molar-refractivity contribution >= 4 is 11.0 Å². The molecule has 7 nitrogen and oxygen atoms in total. The highest BCUT2D eigenvalue weighted by Crippen LogP contribution is 2.46. The van der Waals surface area contributed by atoms with Crippen molar-refractivity contribution in [2.75, 3.05) is 0 Å². The molecule has 2 aromatic carbocycles. The Morgan fingerprint density at radius 3 is 2.09 bits per heavy atom. The van der Waals surface area contributed by atoms with E-state index in [-0.39, 0.29) is 22.3 Å². The fourth-order valence-electron chi connectivity index (χ4n) is 2.22. The third-order valence-corrected chi connectivity index (χ3v) is 3.26. The summed E-state index contributed by atoms with van der Waals surface area (Å²) in [6.45, 7) is 0. The molecule has 0 bridgehead atoms. The summed E-state index contributed by atoms with van der Waals surface area (Å²) < 4.78 is 4.81. The number of rotatable bonds is 1. The average molecular weight is 302 g/mol. The summed E-state index contributed by atoms with van der Waals surface area (Å²) in [6, 6.07) is 6.42. The highest BCUT2D eigenvalue weighted by Gasteiger charge is 2.22. The van der Waals surface area contributed by atoms with Crippen LogP contribution in [-0.4, -0.2) is 25.5 Å². The molecule has 0 aliphatic rings. The molecule has 3 aromatic rings. The summed E-state index contributed by atoms with van der Waals surface area (Å²) in [5.74, 6) is -3.01. The molecule has 0 aliphatic carbocycles. The molecule has 5 N–H and O–H groups in total. The van der Waals surface area contributed by atoms with Crippen molar-refractivity contribution in [1.82, 2.24) is 0 Å². The molecule has 7 heteroatoms. The number of hydrogen-bond acceptors (Lipinski definition) is 7. The van der Waals surface area contributed by atoms with Gasteiger partial charge in [-0.25, -0.2) is 4.79 Å². The second kappa shape index (κ2) is 4.59. The van der Waals surface area contributed by atoms with Crippen molar-refractivity contribution in [3.63, 3.8) is 0 Å². The van der Waals surface area contributed by atoms with Gasteiger partial charge in [0.05, 0.1) is 5.39 Å². The molecule has 0 atom stereocenters. The largest absolute Gasteiger partial charge is 0.508 e. The molecule has 0 fully saturated rings. The predicted molar refractivity (Wildman–Crippen MR) is 76.2 cm³/mol. The third-order valence-electron chi connectivity index (χ3n) is 3.26. The van der Waals surface area contributed by atoms with Gasteiger partial charge >= 0.3 is 5.63 Å². The van der Waals surface area contributed by atoms with Crippen molar-refractivity contribution < 1.29 is 29.9 Å². The van der Waals surface area contributed by atoms with Gasteiger partial charge in [0.2, 0.25) is 11.5 Å². The second-order valence-corrected chi connectivity index (χ2v) is 4.63. The summed E-state index contributed by atoms with van der Waals surface area (Å²) >= 11 is 0. The van der Waals surface area contributed by atoms with Gasteiger partial charge < -0.3 is 29.9 Å². The smallest absolute Gasteiger partial charge is 0.379 e. The van der Waals surface area contributed by atoms with E-state index in [1.165, 1.54) is 24.3 Å². The van der Waals surface area contributed by atoms with Crippen LogP contribution in [0.15, 0.2) is 39.5 Å². The molecule has 0 radical (unpaired) electrons. The van der Waals surface area contributed by atoms with Gasteiger partial charge in [0, 0.05) is 11.6 Å². The van der Waals surface area contributed by atoms with E-state index in [4.69, 9.17) is 4.42 Å². The van der Waals surface area contributed by atoms with Gasteiger partial charge in [-0.05, 0) is 17.7 Å². The molecule has 1 heterocycles. The third kappa shape index (κ3) is 1.87. The fraction of sp³-hybridized carbons (Fsp3) is 0. The average Bonchev–Trinajstić information content (AvgIpc) is 2.48. The van der Waals surface area contributed by atoms with Crippen LogP contribution in [0.3, 0.4) is 0 Å². The Kier molecular flexibility index (Phi) is 2.84. The number of aromatic hydroxyl groups is 5. The van der Waals surface area contributed by atoms with Crippen molar-refractivity contribution in [3.05, 3.63) is 40.8 Å². The number of hydrogen-bond donors (Lipinski definition) is 5. The minimum absolute atomic E-state index is 0.0276. The van der Waals surface area contributed by atoms with Crippen LogP contribution in [0.25, 0.3) is 22.1 Å². The molecule has 0 spiro atoms. The molecule has 0 saturated carbocycles. The monoisotopic (exact) mass is 302 g/mol. The van der Waals surface area contributed by atoms with Gasteiger partial charge in [-0.1, -0.05) is 12.1 Å². The Hall–Kier alpha value is -3.35. The van der Waals surface area contributed by atoms with Crippen LogP contribution in [0.4, 0.5) is 0 Å². The molecule has 0 saturated heterocycles. The van der Waals surface area contributed by atoms with Crippen molar-refractivity contribution in [2.45, 2.75) is 0 Å². The van der Waals surface area contributed by atoms with Crippen LogP contribution in [0.1, 0.15) is 0 Å². The quantitative estimate of drug-likeness (QED) is 0.343. The van der Waals surface area contributed by atoms with E-state index >= 15 is 0 Å². The lowest BCUT2D eigenvalue weighted by Gasteiger charge is -2.11. The highest BCUT2D eigenvalue weighted by molar-refractivity contribution is 6.02. The number of phenolic OH excluding ortho intramolecular Hbond substituents is 4. The van der Waals surface area contributed by atoms with E-state index < -0.39 is 28.6 Å². The first-order valence-electron chi connectivity index (χ1n) is 6.13. The first-order chi connectivity index (χ1) is 10.4. The molecule has 0 amide bonds. The number of fused-ring (bicyclic) bond motifs is 1. The first-order valence-corrected chi connectivity index (χ1v) is 6.13. The number of benzene rings is 2. The molecule has 0 aliphatic heterocycles. The van der Waals surface area contributed by atoms with Gasteiger partial charge in [-0.3, -0.25) is 0 Å². The standard InChI is InChI=1S/C15H10O7/c16-7-3-1-6(2-4-7)10-11-9(22-15(21)14(10)20)5-8(17)12(18)13(11)19/h1-5,16-20H. The Morgan fingerprint density at radius 2 is 1.45 bits per heavy atom. The molecular weight excluding hydrogens is 292 g/mol. The maximum Gasteiger partial charge on any atom is 0.379 e. The Bertz CT molecular complexity index is 939. The summed E-state index contributed by atoms with van der Waals surface area (Å²) in [7, 11) is 0. The van der Waals surface area contributed by atoms with Crippen LogP contribution < -0.4 is 5.63 Å². The van der Waals surface area contributed by atoms with Crippen LogP contribution in [0.2, 0.25) is 0 Å². The maximum absolute atomic E-state index is 11.7. The zero-order valence-electron chi connectivity index (χ0n) is 10.9. The lowest BCUT2D eigenvalue weighted by atomic mass is 9.99. The maximum atomic E-state index is 11.7. The normalized spacial score (nSPS) is 10.9. The minimum Gasteiger partial charge on any atom is -0.508 e. The first kappa shape index (κ1) is 13.6. The van der Waals surface area contributed by atoms with Crippen molar-refractivity contribution in [3.8, 4) is 39.9 Å². The van der Waals surface area contributed by atoms with E-state index in [0.717, 1.165) is 6.07 Å². The summed E-state index contributed by atoms with van der Waals surface area (Å²) in [5, 5.41) is 48.3. The SMILES string of the molecule is O=c1oc2cc(O)c(O)c(O)c2c(-c2ccc(O)cc2)c1O. The summed E-state index contributed by atoms with van der Waals surface area (Å²) in [6.07, 6.45) is 0. The zero-order chi connectivity index (χ0) is 16.0. The van der Waals surface area contributed by atoms with Crippen molar-refractivity contribution in [2.24, 2.45) is 0 Å². The predicted octanol–water partition coefficient (Wildman–Crippen LogP) is 1.99. The molecule has 0 unspecified atom stereocenters. The van der Waals surface area contributed by atoms with E-state index in [1.807, 2.05) is 0 Å². The summed E-state index contributed by atoms with van der Waals surface area (Å²) in [4.78, 5) is 11.7. The Labute approximate surface area is 122 Å². The highest BCUT2D eigenvalue weighted by atomic mass is 16.4. The van der Waals surface area contributed by atoms with Gasteiger partial charge in [-0.2, -0.15) is 0 Å². The second-order valence-electron chi connectivity index (χ2n) is 4.63. The summed E-state index contributed by atoms with van der Waals surface area (Å²) in [5.41, 5.74) is -1.06. The van der Waals surface area contributed by atoms with Crippen molar-refractivity contribution in [1.29, 1.82) is 0 Å². The lowest BCUT2D eigenvalue weighted by Crippen LogP contribution is -2.01. The zero-order valence-corrected chi connectivity index (χ0v) is 10.9. The molecule has 1 aromatic heterocycles. The van der Waals surface area contributed by atoms with E-state index in [0.29, 0.717) is 5.56 Å². The minimum atomic E-state index is -1.07. The Morgan fingerprint density at radius 1 is 0.818 bits per heavy atom. The van der Waals surface area contributed by atoms with Crippen LogP contribution in [-0.2, 0) is 0 Å². The van der Waals surface area contributed by atoms with Gasteiger partial charge in [-0.15, -0.1) is 0 Å². The fourth-order valence-corrected chi connectivity index (χ4v) is 2.22. The van der Waals surface area contributed by atoms with Gasteiger partial charge in [0.25, 0.3) is 0 Å². The van der Waals surface area contributed by atoms with E-state index in [1.54, 1.807) is 0 Å². The molecule has 22 heavy (non-hydrogen) atoms. The van der Waals surface area contributed by atoms with Gasteiger partial charge in [0.1, 0.15) is 11.3 Å². The van der Waals surface area contributed by atoms with E-state index in [9.17, 15) is 30.3 Å². The van der Waals surface area contributed by atoms with Crippen LogP contribution in [0.5, 0.6) is 28.7 Å². The molecule has 3 rings (SSSR count). The molecular formula is C15H10O7. The molecule has 112 valence electrons. The van der Waals surface area contributed by atoms with Crippen LogP contribution >= 0.6 is 0 Å². The van der Waals surface area contributed by atoms with Crippen LogP contribution in [0, 0.1) is 0 Å².